The molecule has 3 aromatic heterocycles. The van der Waals surface area contributed by atoms with Crippen molar-refractivity contribution in [1.29, 1.82) is 0 Å². The number of anilines is 1. The molecule has 4 aromatic rings. The van der Waals surface area contributed by atoms with Crippen molar-refractivity contribution in [1.82, 2.24) is 29.3 Å². The normalized spacial score (nSPS) is 17.0. The molecule has 0 unspecified atom stereocenters. The van der Waals surface area contributed by atoms with E-state index < -0.39 is 11.7 Å². The summed E-state index contributed by atoms with van der Waals surface area (Å²) in [5.41, 5.74) is 3.05. The second-order valence-corrected chi connectivity index (χ2v) is 10.1. The number of imidazole rings is 1. The molecule has 1 fully saturated rings. The molecule has 1 atom stereocenters. The Morgan fingerprint density at radius 2 is 2.00 bits per heavy atom. The number of fused-ring (bicyclic) bond motifs is 1. The molecule has 0 saturated heterocycles. The number of aromatic nitrogens is 6. The van der Waals surface area contributed by atoms with E-state index in [9.17, 15) is 9.18 Å². The highest BCUT2D eigenvalue weighted by Gasteiger charge is 2.30. The van der Waals surface area contributed by atoms with Crippen molar-refractivity contribution in [3.8, 4) is 17.2 Å². The van der Waals surface area contributed by atoms with E-state index in [0.29, 0.717) is 35.2 Å². The molecule has 8 nitrogen and oxygen atoms in total. The van der Waals surface area contributed by atoms with E-state index in [1.54, 1.807) is 24.5 Å². The van der Waals surface area contributed by atoms with Gasteiger partial charge < -0.3 is 14.5 Å². The molecule has 1 aromatic carbocycles. The lowest BCUT2D eigenvalue weighted by molar-refractivity contribution is 0.102. The Bertz CT molecular complexity index is 1470. The number of rotatable bonds is 6. The number of hydrogen-bond donors (Lipinski definition) is 1. The number of hydrogen-bond acceptors (Lipinski definition) is 5. The maximum atomic E-state index is 14.9. The van der Waals surface area contributed by atoms with E-state index in [2.05, 4.69) is 43.9 Å². The third-order valence-corrected chi connectivity index (χ3v) is 7.16. The van der Waals surface area contributed by atoms with Gasteiger partial charge in [0.25, 0.3) is 5.91 Å². The van der Waals surface area contributed by atoms with Gasteiger partial charge in [0.05, 0.1) is 23.3 Å². The topological polar surface area (TPSA) is 90.5 Å². The molecule has 6 rings (SSSR count). The van der Waals surface area contributed by atoms with Crippen LogP contribution >= 0.6 is 0 Å². The molecule has 0 spiro atoms. The van der Waals surface area contributed by atoms with Crippen LogP contribution in [-0.2, 0) is 6.42 Å². The Hall–Kier alpha value is -3.88. The third-order valence-electron chi connectivity index (χ3n) is 7.16. The molecule has 36 heavy (non-hydrogen) atoms. The van der Waals surface area contributed by atoms with Gasteiger partial charge in [-0.2, -0.15) is 0 Å². The van der Waals surface area contributed by atoms with Gasteiger partial charge in [0, 0.05) is 24.6 Å². The SMILES string of the molecule is Cc1cc(F)c(C(=O)Nc2cccc(-c3nnc4n3[C@@H](C(C)C)CC4)n2)cc1-n1cnc(C2CC2)c1. The fraction of sp³-hybridized carbons (Fsp3) is 0.370. The molecule has 184 valence electrons. The number of halogens is 1. The Morgan fingerprint density at radius 1 is 1.17 bits per heavy atom. The van der Waals surface area contributed by atoms with Gasteiger partial charge in [-0.05, 0) is 61.9 Å². The van der Waals surface area contributed by atoms with E-state index >= 15 is 0 Å². The summed E-state index contributed by atoms with van der Waals surface area (Å²) in [7, 11) is 0. The van der Waals surface area contributed by atoms with Crippen LogP contribution in [0.1, 0.15) is 72.5 Å². The van der Waals surface area contributed by atoms with Crippen LogP contribution in [-0.4, -0.2) is 35.2 Å². The summed E-state index contributed by atoms with van der Waals surface area (Å²) in [5.74, 6) is 1.78. The fourth-order valence-electron chi connectivity index (χ4n) is 5.04. The van der Waals surface area contributed by atoms with Gasteiger partial charge >= 0.3 is 0 Å². The summed E-state index contributed by atoms with van der Waals surface area (Å²) in [5, 5.41) is 11.5. The number of amides is 1. The lowest BCUT2D eigenvalue weighted by atomic mass is 10.0. The standard InChI is InChI=1S/C27H28FN7O/c1-15(2)22-9-10-25-32-33-26(35(22)25)20-5-4-6-24(30-20)31-27(36)18-12-23(16(3)11-19(18)28)34-13-21(29-14-34)17-7-8-17/h4-6,11-15,17,22H,7-10H2,1-3H3,(H,30,31,36)/t22-/m1/s1. The lowest BCUT2D eigenvalue weighted by Crippen LogP contribution is -2.16. The molecule has 1 N–H and O–H groups in total. The molecule has 1 saturated carbocycles. The summed E-state index contributed by atoms with van der Waals surface area (Å²) >= 11 is 0. The van der Waals surface area contributed by atoms with Crippen molar-refractivity contribution in [3.63, 3.8) is 0 Å². The van der Waals surface area contributed by atoms with Crippen LogP contribution in [0.3, 0.4) is 0 Å². The van der Waals surface area contributed by atoms with Gasteiger partial charge in [0.2, 0.25) is 0 Å². The number of nitrogens with one attached hydrogen (secondary N) is 1. The molecule has 0 radical (unpaired) electrons. The van der Waals surface area contributed by atoms with Crippen molar-refractivity contribution >= 4 is 11.7 Å². The second-order valence-electron chi connectivity index (χ2n) is 10.1. The van der Waals surface area contributed by atoms with Crippen LogP contribution < -0.4 is 5.32 Å². The van der Waals surface area contributed by atoms with Gasteiger partial charge in [0.15, 0.2) is 5.82 Å². The van der Waals surface area contributed by atoms with Crippen molar-refractivity contribution < 1.29 is 9.18 Å². The maximum Gasteiger partial charge on any atom is 0.259 e. The molecule has 9 heteroatoms. The maximum absolute atomic E-state index is 14.9. The van der Waals surface area contributed by atoms with Crippen molar-refractivity contribution in [3.05, 3.63) is 71.3 Å². The fourth-order valence-corrected chi connectivity index (χ4v) is 5.04. The van der Waals surface area contributed by atoms with Crippen LogP contribution in [0.5, 0.6) is 0 Å². The van der Waals surface area contributed by atoms with E-state index in [4.69, 9.17) is 0 Å². The van der Waals surface area contributed by atoms with E-state index in [0.717, 1.165) is 48.5 Å². The van der Waals surface area contributed by atoms with E-state index in [1.807, 2.05) is 23.8 Å². The van der Waals surface area contributed by atoms with Crippen LogP contribution in [0.15, 0.2) is 42.9 Å². The minimum atomic E-state index is -0.581. The van der Waals surface area contributed by atoms with Crippen LogP contribution in [0.25, 0.3) is 17.2 Å². The predicted molar refractivity (Wildman–Crippen MR) is 134 cm³/mol. The Kier molecular flexibility index (Phi) is 5.43. The summed E-state index contributed by atoms with van der Waals surface area (Å²) in [6.45, 7) is 6.20. The van der Waals surface area contributed by atoms with Crippen LogP contribution in [0, 0.1) is 18.7 Å². The highest BCUT2D eigenvalue weighted by molar-refractivity contribution is 6.04. The average Bonchev–Trinajstić information content (AvgIpc) is 3.24. The average molecular weight is 486 g/mol. The third kappa shape index (κ3) is 3.98. The number of pyridine rings is 1. The molecule has 1 aliphatic heterocycles. The van der Waals surface area contributed by atoms with Gasteiger partial charge in [-0.1, -0.05) is 19.9 Å². The first-order chi connectivity index (χ1) is 17.4. The molecular weight excluding hydrogens is 457 g/mol. The first-order valence-electron chi connectivity index (χ1n) is 12.5. The summed E-state index contributed by atoms with van der Waals surface area (Å²) < 4.78 is 18.9. The zero-order valence-electron chi connectivity index (χ0n) is 20.6. The minimum absolute atomic E-state index is 0.0484. The monoisotopic (exact) mass is 485 g/mol. The largest absolute Gasteiger partial charge is 0.306 e. The van der Waals surface area contributed by atoms with Crippen LogP contribution in [0.4, 0.5) is 10.2 Å². The quantitative estimate of drug-likeness (QED) is 0.403. The molecular formula is C27H28FN7O. The zero-order valence-corrected chi connectivity index (χ0v) is 20.6. The lowest BCUT2D eigenvalue weighted by Gasteiger charge is -2.18. The Morgan fingerprint density at radius 3 is 2.78 bits per heavy atom. The van der Waals surface area contributed by atoms with Crippen molar-refractivity contribution in [2.24, 2.45) is 5.92 Å². The number of carbonyl (C=O) groups excluding carboxylic acids is 1. The highest BCUT2D eigenvalue weighted by atomic mass is 19.1. The zero-order chi connectivity index (χ0) is 25.0. The number of benzene rings is 1. The van der Waals surface area contributed by atoms with Gasteiger partial charge in [-0.15, -0.1) is 10.2 Å². The van der Waals surface area contributed by atoms with Crippen molar-refractivity contribution in [2.45, 2.75) is 58.4 Å². The summed E-state index contributed by atoms with van der Waals surface area (Å²) in [6.07, 6.45) is 7.90. The summed E-state index contributed by atoms with van der Waals surface area (Å²) in [4.78, 5) is 22.2. The van der Waals surface area contributed by atoms with Gasteiger partial charge in [0.1, 0.15) is 23.2 Å². The first-order valence-corrected chi connectivity index (χ1v) is 12.5. The Balaban J connectivity index is 1.28. The minimum Gasteiger partial charge on any atom is -0.306 e. The first kappa shape index (κ1) is 22.6. The molecule has 1 aliphatic carbocycles. The molecule has 0 bridgehead atoms. The van der Waals surface area contributed by atoms with Gasteiger partial charge in [-0.3, -0.25) is 4.79 Å². The molecule has 2 aliphatic rings. The van der Waals surface area contributed by atoms with Crippen LogP contribution in [0.2, 0.25) is 0 Å². The predicted octanol–water partition coefficient (Wildman–Crippen LogP) is 5.25. The van der Waals surface area contributed by atoms with E-state index in [-0.39, 0.29) is 5.56 Å². The molecule has 1 amide bonds. The second kappa shape index (κ2) is 8.65. The highest BCUT2D eigenvalue weighted by Crippen LogP contribution is 2.39. The number of nitrogens with zero attached hydrogens (tertiary/aromatic N) is 6. The van der Waals surface area contributed by atoms with E-state index in [1.165, 1.54) is 6.07 Å². The van der Waals surface area contributed by atoms with Gasteiger partial charge in [-0.25, -0.2) is 14.4 Å². The Labute approximate surface area is 208 Å². The number of aryl methyl sites for hydroxylation is 2. The smallest absolute Gasteiger partial charge is 0.259 e. The summed E-state index contributed by atoms with van der Waals surface area (Å²) in [6, 6.07) is 8.61. The number of carbonyl (C=O) groups is 1. The van der Waals surface area contributed by atoms with Crippen molar-refractivity contribution in [2.75, 3.05) is 5.32 Å². The molecule has 4 heterocycles.